The van der Waals surface area contributed by atoms with Gasteiger partial charge in [0.2, 0.25) is 5.91 Å². The van der Waals surface area contributed by atoms with E-state index in [1.165, 1.54) is 12.0 Å². The number of likely N-dealkylation sites (tertiary alicyclic amines) is 2. The average molecular weight is 360 g/mol. The van der Waals surface area contributed by atoms with Gasteiger partial charge in [-0.15, -0.1) is 0 Å². The topological polar surface area (TPSA) is 42.0 Å². The van der Waals surface area contributed by atoms with Crippen molar-refractivity contribution in [2.24, 2.45) is 11.8 Å². The number of piperidine rings is 2. The van der Waals surface area contributed by atoms with Gasteiger partial charge in [0, 0.05) is 25.6 Å². The van der Waals surface area contributed by atoms with Gasteiger partial charge in [-0.25, -0.2) is 0 Å². The van der Waals surface area contributed by atoms with Crippen molar-refractivity contribution in [2.45, 2.75) is 39.2 Å². The minimum absolute atomic E-state index is 0.210. The molecule has 144 valence electrons. The summed E-state index contributed by atoms with van der Waals surface area (Å²) in [6.45, 7) is 7.01. The van der Waals surface area contributed by atoms with Crippen LogP contribution in [0.25, 0.3) is 0 Å². The van der Waals surface area contributed by atoms with E-state index in [-0.39, 0.29) is 5.92 Å². The van der Waals surface area contributed by atoms with Crippen molar-refractivity contribution in [3.05, 3.63) is 23.8 Å². The van der Waals surface area contributed by atoms with Crippen LogP contribution in [0.15, 0.2) is 18.2 Å². The van der Waals surface area contributed by atoms with Gasteiger partial charge in [-0.05, 0) is 62.4 Å². The molecule has 0 unspecified atom stereocenters. The molecular weight excluding hydrogens is 328 g/mol. The Morgan fingerprint density at radius 1 is 1.08 bits per heavy atom. The van der Waals surface area contributed by atoms with Gasteiger partial charge in [0.1, 0.15) is 0 Å². The quantitative estimate of drug-likeness (QED) is 0.809. The van der Waals surface area contributed by atoms with Crippen LogP contribution in [0.3, 0.4) is 0 Å². The van der Waals surface area contributed by atoms with Gasteiger partial charge in [-0.2, -0.15) is 0 Å². The molecule has 2 aliphatic rings. The van der Waals surface area contributed by atoms with Gasteiger partial charge in [0.05, 0.1) is 14.2 Å². The zero-order valence-electron chi connectivity index (χ0n) is 16.4. The molecule has 0 aliphatic carbocycles. The highest BCUT2D eigenvalue weighted by Gasteiger charge is 2.30. The molecule has 1 amide bonds. The summed E-state index contributed by atoms with van der Waals surface area (Å²) in [4.78, 5) is 17.3. The second-order valence-corrected chi connectivity index (χ2v) is 7.77. The molecule has 5 heteroatoms. The fourth-order valence-electron chi connectivity index (χ4n) is 4.22. The SMILES string of the molecule is COc1ccc(CN2CCC(C(=O)N3CCC[C@H](C)C3)CC2)cc1OC. The van der Waals surface area contributed by atoms with Gasteiger partial charge in [0.25, 0.3) is 0 Å². The van der Waals surface area contributed by atoms with E-state index >= 15 is 0 Å². The molecule has 0 bridgehead atoms. The Morgan fingerprint density at radius 2 is 1.81 bits per heavy atom. The van der Waals surface area contributed by atoms with Crippen LogP contribution in [-0.4, -0.2) is 56.1 Å². The molecule has 0 saturated carbocycles. The minimum atomic E-state index is 0.210. The molecule has 2 fully saturated rings. The highest BCUT2D eigenvalue weighted by Crippen LogP contribution is 2.29. The minimum Gasteiger partial charge on any atom is -0.493 e. The lowest BCUT2D eigenvalue weighted by molar-refractivity contribution is -0.138. The Balaban J connectivity index is 1.51. The molecule has 1 atom stereocenters. The molecule has 26 heavy (non-hydrogen) atoms. The lowest BCUT2D eigenvalue weighted by atomic mass is 9.92. The van der Waals surface area contributed by atoms with Crippen molar-refractivity contribution in [1.82, 2.24) is 9.80 Å². The molecule has 0 N–H and O–H groups in total. The van der Waals surface area contributed by atoms with Crippen molar-refractivity contribution in [3.63, 3.8) is 0 Å². The van der Waals surface area contributed by atoms with E-state index in [9.17, 15) is 4.79 Å². The smallest absolute Gasteiger partial charge is 0.225 e. The molecule has 2 aliphatic heterocycles. The number of carbonyl (C=O) groups is 1. The van der Waals surface area contributed by atoms with Crippen LogP contribution in [0, 0.1) is 11.8 Å². The Hall–Kier alpha value is -1.75. The Morgan fingerprint density at radius 3 is 2.46 bits per heavy atom. The van der Waals surface area contributed by atoms with Crippen LogP contribution < -0.4 is 9.47 Å². The van der Waals surface area contributed by atoms with E-state index in [1.54, 1.807) is 14.2 Å². The third-order valence-corrected chi connectivity index (χ3v) is 5.76. The first-order valence-corrected chi connectivity index (χ1v) is 9.82. The standard InChI is InChI=1S/C21H32N2O3/c1-16-5-4-10-23(14-16)21(24)18-8-11-22(12-9-18)15-17-6-7-19(25-2)20(13-17)26-3/h6-7,13,16,18H,4-5,8-12,14-15H2,1-3H3/t16-/m0/s1. The largest absolute Gasteiger partial charge is 0.493 e. The summed E-state index contributed by atoms with van der Waals surface area (Å²) in [5, 5.41) is 0. The number of hydrogen-bond acceptors (Lipinski definition) is 4. The second kappa shape index (κ2) is 8.76. The van der Waals surface area contributed by atoms with Crippen LogP contribution in [0.1, 0.15) is 38.2 Å². The summed E-state index contributed by atoms with van der Waals surface area (Å²) < 4.78 is 10.7. The molecule has 2 saturated heterocycles. The number of carbonyl (C=O) groups excluding carboxylic acids is 1. The van der Waals surface area contributed by atoms with Gasteiger partial charge in [-0.3, -0.25) is 9.69 Å². The Bertz CT molecular complexity index is 611. The van der Waals surface area contributed by atoms with Crippen molar-refractivity contribution >= 4 is 5.91 Å². The van der Waals surface area contributed by atoms with Crippen molar-refractivity contribution in [3.8, 4) is 11.5 Å². The summed E-state index contributed by atoms with van der Waals surface area (Å²) in [6, 6.07) is 6.10. The molecule has 0 aromatic heterocycles. The number of ether oxygens (including phenoxy) is 2. The summed E-state index contributed by atoms with van der Waals surface area (Å²) in [5.41, 5.74) is 1.22. The number of nitrogens with zero attached hydrogens (tertiary/aromatic N) is 2. The van der Waals surface area contributed by atoms with Gasteiger partial charge in [0.15, 0.2) is 11.5 Å². The highest BCUT2D eigenvalue weighted by molar-refractivity contribution is 5.79. The van der Waals surface area contributed by atoms with E-state index in [4.69, 9.17) is 9.47 Å². The zero-order valence-corrected chi connectivity index (χ0v) is 16.4. The first kappa shape index (κ1) is 19.0. The number of hydrogen-bond donors (Lipinski definition) is 0. The monoisotopic (exact) mass is 360 g/mol. The molecular formula is C21H32N2O3. The predicted octanol–water partition coefficient (Wildman–Crippen LogP) is 3.17. The fourth-order valence-corrected chi connectivity index (χ4v) is 4.22. The number of benzene rings is 1. The highest BCUT2D eigenvalue weighted by atomic mass is 16.5. The molecule has 1 aromatic carbocycles. The van der Waals surface area contributed by atoms with E-state index in [1.807, 2.05) is 12.1 Å². The van der Waals surface area contributed by atoms with Gasteiger partial charge < -0.3 is 14.4 Å². The van der Waals surface area contributed by atoms with Crippen LogP contribution in [0.4, 0.5) is 0 Å². The lowest BCUT2D eigenvalue weighted by Gasteiger charge is -2.37. The van der Waals surface area contributed by atoms with Gasteiger partial charge >= 0.3 is 0 Å². The van der Waals surface area contributed by atoms with Crippen LogP contribution in [-0.2, 0) is 11.3 Å². The van der Waals surface area contributed by atoms with Crippen molar-refractivity contribution < 1.29 is 14.3 Å². The first-order valence-electron chi connectivity index (χ1n) is 9.82. The van der Waals surface area contributed by atoms with Gasteiger partial charge in [-0.1, -0.05) is 13.0 Å². The normalized spacial score (nSPS) is 22.3. The fraction of sp³-hybridized carbons (Fsp3) is 0.667. The van der Waals surface area contributed by atoms with E-state index < -0.39 is 0 Å². The summed E-state index contributed by atoms with van der Waals surface area (Å²) >= 11 is 0. The first-order chi connectivity index (χ1) is 12.6. The summed E-state index contributed by atoms with van der Waals surface area (Å²) in [6.07, 6.45) is 4.35. The third-order valence-electron chi connectivity index (χ3n) is 5.76. The predicted molar refractivity (Wildman–Crippen MR) is 103 cm³/mol. The van der Waals surface area contributed by atoms with Crippen LogP contribution in [0.2, 0.25) is 0 Å². The van der Waals surface area contributed by atoms with E-state index in [0.29, 0.717) is 11.8 Å². The summed E-state index contributed by atoms with van der Waals surface area (Å²) in [7, 11) is 3.32. The Kier molecular flexibility index (Phi) is 6.41. The zero-order chi connectivity index (χ0) is 18.5. The maximum Gasteiger partial charge on any atom is 0.225 e. The van der Waals surface area contributed by atoms with Crippen LogP contribution >= 0.6 is 0 Å². The molecule has 0 spiro atoms. The molecule has 3 rings (SSSR count). The average Bonchev–Trinajstić information content (AvgIpc) is 2.68. The third kappa shape index (κ3) is 4.50. The van der Waals surface area contributed by atoms with Crippen molar-refractivity contribution in [2.75, 3.05) is 40.4 Å². The molecule has 2 heterocycles. The number of rotatable bonds is 5. The molecule has 5 nitrogen and oxygen atoms in total. The van der Waals surface area contributed by atoms with E-state index in [0.717, 1.165) is 63.5 Å². The number of amides is 1. The molecule has 1 aromatic rings. The lowest BCUT2D eigenvalue weighted by Crippen LogP contribution is -2.45. The second-order valence-electron chi connectivity index (χ2n) is 7.77. The van der Waals surface area contributed by atoms with Crippen LogP contribution in [0.5, 0.6) is 11.5 Å². The maximum atomic E-state index is 12.8. The Labute approximate surface area is 157 Å². The maximum absolute atomic E-state index is 12.8. The molecule has 0 radical (unpaired) electrons. The number of methoxy groups -OCH3 is 2. The van der Waals surface area contributed by atoms with E-state index in [2.05, 4.69) is 22.8 Å². The van der Waals surface area contributed by atoms with Crippen molar-refractivity contribution in [1.29, 1.82) is 0 Å². The summed E-state index contributed by atoms with van der Waals surface area (Å²) in [5.74, 6) is 2.78.